The Labute approximate surface area is 211 Å². The number of aryl methyl sites for hydroxylation is 2. The Morgan fingerprint density at radius 2 is 1.89 bits per heavy atom. The van der Waals surface area contributed by atoms with Crippen molar-refractivity contribution < 1.29 is 18.3 Å². The third kappa shape index (κ3) is 5.20. The Kier molecular flexibility index (Phi) is 7.87. The van der Waals surface area contributed by atoms with Gasteiger partial charge in [-0.1, -0.05) is 26.0 Å². The van der Waals surface area contributed by atoms with Crippen molar-refractivity contribution in [3.05, 3.63) is 76.6 Å². The first-order chi connectivity index (χ1) is 17.4. The number of hydrogen-bond donors (Lipinski definition) is 0. The maximum Gasteiger partial charge on any atom is 0.264 e. The minimum absolute atomic E-state index is 0.00499. The van der Waals surface area contributed by atoms with Gasteiger partial charge >= 0.3 is 0 Å². The molecule has 1 aromatic heterocycles. The van der Waals surface area contributed by atoms with Gasteiger partial charge in [0.05, 0.1) is 12.7 Å². The molecule has 3 aromatic rings. The summed E-state index contributed by atoms with van der Waals surface area (Å²) in [6.45, 7) is 7.03. The number of allylic oxidation sites excluding steroid dienone is 1. The number of amides is 1. The molecular formula is C29H33F2N3O2. The summed E-state index contributed by atoms with van der Waals surface area (Å²) in [5.74, 6) is 0.771. The summed E-state index contributed by atoms with van der Waals surface area (Å²) < 4.78 is 35.9. The predicted molar refractivity (Wildman–Crippen MR) is 138 cm³/mol. The minimum Gasteiger partial charge on any atom is -0.491 e. The van der Waals surface area contributed by atoms with E-state index in [1.807, 2.05) is 38.1 Å². The van der Waals surface area contributed by atoms with Crippen LogP contribution in [0, 0.1) is 0 Å². The molecule has 2 heterocycles. The maximum atomic E-state index is 14.2. The monoisotopic (exact) mass is 493 g/mol. The van der Waals surface area contributed by atoms with Crippen LogP contribution in [0.25, 0.3) is 16.7 Å². The van der Waals surface area contributed by atoms with E-state index in [9.17, 15) is 13.6 Å². The third-order valence-electron chi connectivity index (χ3n) is 6.61. The second kappa shape index (κ2) is 11.1. The van der Waals surface area contributed by atoms with Crippen molar-refractivity contribution in [2.24, 2.45) is 7.05 Å². The number of alkyl halides is 2. The molecule has 0 fully saturated rings. The molecule has 0 unspecified atom stereocenters. The Bertz CT molecular complexity index is 1280. The Hall–Kier alpha value is -3.48. The van der Waals surface area contributed by atoms with Crippen molar-refractivity contribution in [3.8, 4) is 16.9 Å². The first-order valence-corrected chi connectivity index (χ1v) is 12.6. The molecule has 2 aromatic carbocycles. The van der Waals surface area contributed by atoms with Gasteiger partial charge in [-0.3, -0.25) is 9.48 Å². The first kappa shape index (κ1) is 25.6. The van der Waals surface area contributed by atoms with E-state index in [-0.39, 0.29) is 11.5 Å². The summed E-state index contributed by atoms with van der Waals surface area (Å²) >= 11 is 0. The maximum absolute atomic E-state index is 14.2. The van der Waals surface area contributed by atoms with Crippen molar-refractivity contribution in [1.82, 2.24) is 14.7 Å². The Morgan fingerprint density at radius 3 is 2.58 bits per heavy atom. The quantitative estimate of drug-likeness (QED) is 0.415. The number of fused-ring (bicyclic) bond motifs is 2. The van der Waals surface area contributed by atoms with Crippen LogP contribution in [0.3, 0.4) is 0 Å². The number of nitrogens with zero attached hydrogens (tertiary/aromatic N) is 3. The van der Waals surface area contributed by atoms with Gasteiger partial charge in [-0.2, -0.15) is 5.10 Å². The van der Waals surface area contributed by atoms with Crippen LogP contribution in [0.4, 0.5) is 8.78 Å². The molecule has 5 rings (SSSR count). The molecule has 1 aliphatic heterocycles. The molecule has 1 aliphatic carbocycles. The predicted octanol–water partition coefficient (Wildman–Crippen LogP) is 6.56. The van der Waals surface area contributed by atoms with Crippen LogP contribution in [0.1, 0.15) is 67.9 Å². The zero-order valence-corrected chi connectivity index (χ0v) is 21.4. The van der Waals surface area contributed by atoms with Gasteiger partial charge in [-0.25, -0.2) is 8.78 Å². The summed E-state index contributed by atoms with van der Waals surface area (Å²) in [7, 11) is 1.78. The van der Waals surface area contributed by atoms with Crippen molar-refractivity contribution in [2.45, 2.75) is 53.0 Å². The molecule has 1 amide bonds. The summed E-state index contributed by atoms with van der Waals surface area (Å²) in [6.07, 6.45) is 5.58. The van der Waals surface area contributed by atoms with Gasteiger partial charge in [0.25, 0.3) is 6.43 Å². The van der Waals surface area contributed by atoms with Crippen LogP contribution in [-0.4, -0.2) is 33.7 Å². The lowest BCUT2D eigenvalue weighted by atomic mass is 9.88. The van der Waals surface area contributed by atoms with E-state index in [1.54, 1.807) is 42.0 Å². The van der Waals surface area contributed by atoms with E-state index in [1.165, 1.54) is 0 Å². The van der Waals surface area contributed by atoms with Gasteiger partial charge in [-0.15, -0.1) is 0 Å². The molecule has 7 heteroatoms. The first-order valence-electron chi connectivity index (χ1n) is 12.6. The van der Waals surface area contributed by atoms with Gasteiger partial charge in [0.15, 0.2) is 0 Å². The SMILES string of the molecule is CC.CC(=O)N1CCOc2ccc(C3=CCCCc4cc(-c5cnn(C)c5)c(C(F)F)cc43)cc2C1. The van der Waals surface area contributed by atoms with E-state index in [0.29, 0.717) is 30.8 Å². The van der Waals surface area contributed by atoms with Gasteiger partial charge < -0.3 is 9.64 Å². The van der Waals surface area contributed by atoms with E-state index >= 15 is 0 Å². The van der Waals surface area contributed by atoms with Gasteiger partial charge in [-0.05, 0) is 71.4 Å². The second-order valence-electron chi connectivity index (χ2n) is 8.92. The average Bonchev–Trinajstić information content (AvgIpc) is 3.07. The summed E-state index contributed by atoms with van der Waals surface area (Å²) in [5, 5.41) is 4.17. The molecule has 0 radical (unpaired) electrons. The van der Waals surface area contributed by atoms with Gasteiger partial charge in [0, 0.05) is 43.4 Å². The fraction of sp³-hybridized carbons (Fsp3) is 0.379. The molecule has 0 atom stereocenters. The summed E-state index contributed by atoms with van der Waals surface area (Å²) in [5.41, 5.74) is 5.98. The molecule has 190 valence electrons. The van der Waals surface area contributed by atoms with Crippen molar-refractivity contribution >= 4 is 11.5 Å². The van der Waals surface area contributed by atoms with Crippen molar-refractivity contribution in [2.75, 3.05) is 13.2 Å². The van der Waals surface area contributed by atoms with Crippen LogP contribution >= 0.6 is 0 Å². The standard InChI is InChI=1S/C27H27F2N3O2.C2H6/c1-17(33)32-9-10-34-26-8-7-19(11-20(26)16-32)22-6-4-3-5-18-12-23(21-14-30-31(2)15-21)25(27(28)29)13-24(18)22;1-2/h6-8,11-15,27H,3-5,9-10,16H2,1-2H3;1-2H3. The highest BCUT2D eigenvalue weighted by Crippen LogP contribution is 2.40. The van der Waals surface area contributed by atoms with E-state index in [2.05, 4.69) is 11.2 Å². The normalized spacial score (nSPS) is 15.0. The molecule has 0 N–H and O–H groups in total. The summed E-state index contributed by atoms with van der Waals surface area (Å²) in [6, 6.07) is 9.52. The van der Waals surface area contributed by atoms with Crippen LogP contribution in [0.5, 0.6) is 5.75 Å². The number of hydrogen-bond acceptors (Lipinski definition) is 3. The van der Waals surface area contributed by atoms with Gasteiger partial charge in [0.1, 0.15) is 12.4 Å². The minimum atomic E-state index is -2.60. The molecular weight excluding hydrogens is 460 g/mol. The zero-order valence-electron chi connectivity index (χ0n) is 21.4. The van der Waals surface area contributed by atoms with Crippen LogP contribution < -0.4 is 4.74 Å². The van der Waals surface area contributed by atoms with E-state index < -0.39 is 6.43 Å². The molecule has 0 spiro atoms. The van der Waals surface area contributed by atoms with Crippen LogP contribution in [0.15, 0.2) is 48.8 Å². The lowest BCUT2D eigenvalue weighted by Gasteiger charge is -2.19. The van der Waals surface area contributed by atoms with Crippen molar-refractivity contribution in [3.63, 3.8) is 0 Å². The fourth-order valence-electron chi connectivity index (χ4n) is 4.86. The summed E-state index contributed by atoms with van der Waals surface area (Å²) in [4.78, 5) is 13.8. The Morgan fingerprint density at radius 1 is 1.08 bits per heavy atom. The number of halogens is 2. The second-order valence-corrected chi connectivity index (χ2v) is 8.92. The largest absolute Gasteiger partial charge is 0.491 e. The number of carbonyl (C=O) groups excluding carboxylic acids is 1. The molecule has 0 saturated carbocycles. The van der Waals surface area contributed by atoms with E-state index in [4.69, 9.17) is 4.74 Å². The zero-order chi connectivity index (χ0) is 25.8. The van der Waals surface area contributed by atoms with Crippen LogP contribution in [-0.2, 0) is 24.8 Å². The molecule has 5 nitrogen and oxygen atoms in total. The van der Waals surface area contributed by atoms with E-state index in [0.717, 1.165) is 52.8 Å². The number of carbonyl (C=O) groups is 1. The molecule has 2 aliphatic rings. The molecule has 0 bridgehead atoms. The molecule has 0 saturated heterocycles. The molecule has 36 heavy (non-hydrogen) atoms. The van der Waals surface area contributed by atoms with Gasteiger partial charge in [0.2, 0.25) is 5.91 Å². The highest BCUT2D eigenvalue weighted by molar-refractivity contribution is 5.85. The smallest absolute Gasteiger partial charge is 0.264 e. The lowest BCUT2D eigenvalue weighted by molar-refractivity contribution is -0.129. The fourth-order valence-corrected chi connectivity index (χ4v) is 4.86. The lowest BCUT2D eigenvalue weighted by Crippen LogP contribution is -2.30. The number of benzene rings is 2. The highest BCUT2D eigenvalue weighted by atomic mass is 19.3. The topological polar surface area (TPSA) is 47.4 Å². The highest BCUT2D eigenvalue weighted by Gasteiger charge is 2.23. The van der Waals surface area contributed by atoms with Crippen LogP contribution in [0.2, 0.25) is 0 Å². The Balaban J connectivity index is 0.00000148. The average molecular weight is 494 g/mol. The third-order valence-corrected chi connectivity index (χ3v) is 6.61. The van der Waals surface area contributed by atoms with Crippen molar-refractivity contribution in [1.29, 1.82) is 0 Å². The number of rotatable bonds is 3. The number of ether oxygens (including phenoxy) is 1. The number of aromatic nitrogens is 2.